The van der Waals surface area contributed by atoms with Crippen LogP contribution in [0.2, 0.25) is 0 Å². The summed E-state index contributed by atoms with van der Waals surface area (Å²) in [4.78, 5) is 11.2. The lowest BCUT2D eigenvalue weighted by Gasteiger charge is -2.00. The SMILES string of the molecule is O=C(CCCCBr)Nc1ccn[nH]1. The molecule has 1 aromatic heterocycles. The van der Waals surface area contributed by atoms with Gasteiger partial charge in [-0.2, -0.15) is 5.10 Å². The van der Waals surface area contributed by atoms with Crippen LogP contribution in [0.15, 0.2) is 12.3 Å². The summed E-state index contributed by atoms with van der Waals surface area (Å²) < 4.78 is 0. The third-order valence-electron chi connectivity index (χ3n) is 1.56. The Kier molecular flexibility index (Phi) is 4.53. The Bertz CT molecular complexity index is 248. The standard InChI is InChI=1S/C8H12BrN3O/c9-5-2-1-3-8(13)11-7-4-6-10-12-7/h4,6H,1-3,5H2,(H2,10,11,12,13). The van der Waals surface area contributed by atoms with Crippen molar-refractivity contribution in [2.75, 3.05) is 10.6 Å². The fourth-order valence-corrected chi connectivity index (χ4v) is 1.31. The first kappa shape index (κ1) is 10.2. The van der Waals surface area contributed by atoms with Crippen molar-refractivity contribution < 1.29 is 4.79 Å². The van der Waals surface area contributed by atoms with Crippen LogP contribution in [-0.4, -0.2) is 21.4 Å². The van der Waals surface area contributed by atoms with Gasteiger partial charge in [-0.1, -0.05) is 15.9 Å². The molecule has 0 spiro atoms. The number of nitrogens with one attached hydrogen (secondary N) is 2. The normalized spacial score (nSPS) is 9.92. The largest absolute Gasteiger partial charge is 0.311 e. The van der Waals surface area contributed by atoms with Gasteiger partial charge in [0.05, 0.1) is 6.20 Å². The molecule has 0 aromatic carbocycles. The second-order valence-corrected chi connectivity index (χ2v) is 3.46. The summed E-state index contributed by atoms with van der Waals surface area (Å²) in [6, 6.07) is 1.72. The van der Waals surface area contributed by atoms with E-state index in [1.807, 2.05) is 0 Å². The summed E-state index contributed by atoms with van der Waals surface area (Å²) in [7, 11) is 0. The molecule has 72 valence electrons. The number of hydrogen-bond donors (Lipinski definition) is 2. The lowest BCUT2D eigenvalue weighted by atomic mass is 10.2. The van der Waals surface area contributed by atoms with E-state index in [1.54, 1.807) is 12.3 Å². The summed E-state index contributed by atoms with van der Waals surface area (Å²) in [6.45, 7) is 0. The third-order valence-corrected chi connectivity index (χ3v) is 2.12. The summed E-state index contributed by atoms with van der Waals surface area (Å²) in [5.74, 6) is 0.689. The van der Waals surface area contributed by atoms with Crippen LogP contribution in [-0.2, 0) is 4.79 Å². The highest BCUT2D eigenvalue weighted by Gasteiger charge is 2.01. The highest BCUT2D eigenvalue weighted by molar-refractivity contribution is 9.09. The Hall–Kier alpha value is -0.840. The first-order valence-electron chi connectivity index (χ1n) is 4.18. The van der Waals surface area contributed by atoms with E-state index >= 15 is 0 Å². The van der Waals surface area contributed by atoms with Gasteiger partial charge < -0.3 is 5.32 Å². The highest BCUT2D eigenvalue weighted by Crippen LogP contribution is 2.03. The number of carbonyl (C=O) groups is 1. The van der Waals surface area contributed by atoms with Crippen LogP contribution >= 0.6 is 15.9 Å². The van der Waals surface area contributed by atoms with Crippen LogP contribution in [0.4, 0.5) is 5.82 Å². The number of aromatic amines is 1. The average molecular weight is 246 g/mol. The van der Waals surface area contributed by atoms with Gasteiger partial charge in [-0.15, -0.1) is 0 Å². The van der Waals surface area contributed by atoms with Crippen molar-refractivity contribution in [1.82, 2.24) is 10.2 Å². The highest BCUT2D eigenvalue weighted by atomic mass is 79.9. The Morgan fingerprint density at radius 2 is 2.46 bits per heavy atom. The molecular formula is C8H12BrN3O. The maximum Gasteiger partial charge on any atom is 0.225 e. The lowest BCUT2D eigenvalue weighted by molar-refractivity contribution is -0.116. The molecule has 1 aromatic rings. The van der Waals surface area contributed by atoms with Gasteiger partial charge in [0.25, 0.3) is 0 Å². The second kappa shape index (κ2) is 5.75. The molecule has 0 aliphatic carbocycles. The van der Waals surface area contributed by atoms with Crippen molar-refractivity contribution >= 4 is 27.7 Å². The molecule has 0 saturated carbocycles. The van der Waals surface area contributed by atoms with Gasteiger partial charge in [-0.25, -0.2) is 0 Å². The Labute approximate surface area is 85.2 Å². The fourth-order valence-electron chi connectivity index (χ4n) is 0.918. The molecule has 13 heavy (non-hydrogen) atoms. The fraction of sp³-hybridized carbons (Fsp3) is 0.500. The summed E-state index contributed by atoms with van der Waals surface area (Å²) in [6.07, 6.45) is 4.10. The van der Waals surface area contributed by atoms with Crippen LogP contribution in [0.3, 0.4) is 0 Å². The molecule has 0 saturated heterocycles. The smallest absolute Gasteiger partial charge is 0.225 e. The molecule has 0 atom stereocenters. The van der Waals surface area contributed by atoms with Crippen LogP contribution < -0.4 is 5.32 Å². The van der Waals surface area contributed by atoms with E-state index < -0.39 is 0 Å². The van der Waals surface area contributed by atoms with E-state index in [1.165, 1.54) is 0 Å². The second-order valence-electron chi connectivity index (χ2n) is 2.66. The number of carbonyl (C=O) groups excluding carboxylic acids is 1. The van der Waals surface area contributed by atoms with Gasteiger partial charge in [-0.05, 0) is 12.8 Å². The molecule has 0 aliphatic heterocycles. The molecule has 0 aliphatic rings. The van der Waals surface area contributed by atoms with E-state index in [2.05, 4.69) is 31.4 Å². The quantitative estimate of drug-likeness (QED) is 0.615. The number of rotatable bonds is 5. The molecule has 4 nitrogen and oxygen atoms in total. The number of alkyl halides is 1. The molecule has 1 amide bonds. The van der Waals surface area contributed by atoms with E-state index in [4.69, 9.17) is 0 Å². The van der Waals surface area contributed by atoms with Crippen molar-refractivity contribution in [3.8, 4) is 0 Å². The van der Waals surface area contributed by atoms with E-state index in [9.17, 15) is 4.79 Å². The number of anilines is 1. The maximum atomic E-state index is 11.2. The molecule has 0 radical (unpaired) electrons. The molecule has 5 heteroatoms. The average Bonchev–Trinajstić information content (AvgIpc) is 2.57. The summed E-state index contributed by atoms with van der Waals surface area (Å²) >= 11 is 3.31. The molecule has 1 rings (SSSR count). The minimum atomic E-state index is 0.0326. The van der Waals surface area contributed by atoms with Crippen molar-refractivity contribution in [3.05, 3.63) is 12.3 Å². The van der Waals surface area contributed by atoms with Crippen molar-refractivity contribution in [2.45, 2.75) is 19.3 Å². The number of aromatic nitrogens is 2. The van der Waals surface area contributed by atoms with Gasteiger partial charge in [-0.3, -0.25) is 9.89 Å². The van der Waals surface area contributed by atoms with Gasteiger partial charge in [0.1, 0.15) is 5.82 Å². The van der Waals surface area contributed by atoms with Crippen LogP contribution in [0.25, 0.3) is 0 Å². The molecule has 0 fully saturated rings. The predicted octanol–water partition coefficient (Wildman–Crippen LogP) is 1.91. The topological polar surface area (TPSA) is 57.8 Å². The zero-order valence-electron chi connectivity index (χ0n) is 7.22. The van der Waals surface area contributed by atoms with Crippen LogP contribution in [0.5, 0.6) is 0 Å². The first-order chi connectivity index (χ1) is 6.33. The van der Waals surface area contributed by atoms with E-state index in [0.717, 1.165) is 18.2 Å². The lowest BCUT2D eigenvalue weighted by Crippen LogP contribution is -2.11. The zero-order chi connectivity index (χ0) is 9.52. The van der Waals surface area contributed by atoms with E-state index in [0.29, 0.717) is 12.2 Å². The van der Waals surface area contributed by atoms with Gasteiger partial charge >= 0.3 is 0 Å². The number of nitrogens with zero attached hydrogens (tertiary/aromatic N) is 1. The number of H-pyrrole nitrogens is 1. The van der Waals surface area contributed by atoms with Crippen molar-refractivity contribution in [2.24, 2.45) is 0 Å². The number of halogens is 1. The summed E-state index contributed by atoms with van der Waals surface area (Å²) in [5, 5.41) is 10.0. The van der Waals surface area contributed by atoms with Gasteiger partial charge in [0.2, 0.25) is 5.91 Å². The molecule has 0 unspecified atom stereocenters. The monoisotopic (exact) mass is 245 g/mol. The number of hydrogen-bond acceptors (Lipinski definition) is 2. The first-order valence-corrected chi connectivity index (χ1v) is 5.30. The molecule has 2 N–H and O–H groups in total. The van der Waals surface area contributed by atoms with Crippen LogP contribution in [0, 0.1) is 0 Å². The zero-order valence-corrected chi connectivity index (χ0v) is 8.80. The Balaban J connectivity index is 2.18. The van der Waals surface area contributed by atoms with E-state index in [-0.39, 0.29) is 5.91 Å². The molecule has 1 heterocycles. The molecule has 0 bridgehead atoms. The van der Waals surface area contributed by atoms with Gasteiger partial charge in [0.15, 0.2) is 0 Å². The Morgan fingerprint density at radius 3 is 3.08 bits per heavy atom. The molecular weight excluding hydrogens is 234 g/mol. The number of amides is 1. The predicted molar refractivity (Wildman–Crippen MR) is 54.9 cm³/mol. The maximum absolute atomic E-state index is 11.2. The summed E-state index contributed by atoms with van der Waals surface area (Å²) in [5.41, 5.74) is 0. The van der Waals surface area contributed by atoms with Crippen LogP contribution in [0.1, 0.15) is 19.3 Å². The minimum absolute atomic E-state index is 0.0326. The van der Waals surface area contributed by atoms with Gasteiger partial charge in [0, 0.05) is 17.8 Å². The third kappa shape index (κ3) is 4.07. The van der Waals surface area contributed by atoms with Crippen molar-refractivity contribution in [3.63, 3.8) is 0 Å². The number of unbranched alkanes of at least 4 members (excludes halogenated alkanes) is 1. The Morgan fingerprint density at radius 1 is 1.62 bits per heavy atom. The minimum Gasteiger partial charge on any atom is -0.311 e. The van der Waals surface area contributed by atoms with Crippen molar-refractivity contribution in [1.29, 1.82) is 0 Å².